The second-order valence-electron chi connectivity index (χ2n) is 3.05. The van der Waals surface area contributed by atoms with Crippen molar-refractivity contribution >= 4 is 0 Å². The van der Waals surface area contributed by atoms with Crippen LogP contribution in [0.4, 0.5) is 0 Å². The monoisotopic (exact) mass is 127 g/mol. The molecular formula is C9H19. The third-order valence-corrected chi connectivity index (χ3v) is 2.33. The summed E-state index contributed by atoms with van der Waals surface area (Å²) in [6.45, 7) is 9.00. The molecule has 0 saturated carbocycles. The molecule has 0 aromatic heterocycles. The Balaban J connectivity index is 3.62. The van der Waals surface area contributed by atoms with E-state index in [1.807, 2.05) is 0 Å². The van der Waals surface area contributed by atoms with Crippen LogP contribution < -0.4 is 0 Å². The third kappa shape index (κ3) is 2.88. The highest BCUT2D eigenvalue weighted by Gasteiger charge is 2.17. The average Bonchev–Trinajstić information content (AvgIpc) is 1.89. The summed E-state index contributed by atoms with van der Waals surface area (Å²) in [6, 6.07) is 0. The lowest BCUT2D eigenvalue weighted by molar-refractivity contribution is 0.340. The normalized spacial score (nSPS) is 12.0. The Labute approximate surface area is 59.7 Å². The van der Waals surface area contributed by atoms with Gasteiger partial charge in [0.25, 0.3) is 0 Å². The maximum absolute atomic E-state index is 2.33. The minimum absolute atomic E-state index is 0.509. The molecule has 1 unspecified atom stereocenters. The maximum Gasteiger partial charge on any atom is -0.0300 e. The van der Waals surface area contributed by atoms with E-state index >= 15 is 0 Å². The third-order valence-electron chi connectivity index (χ3n) is 2.33. The summed E-state index contributed by atoms with van der Waals surface area (Å²) in [5.74, 6) is 0. The molecule has 0 spiro atoms. The summed E-state index contributed by atoms with van der Waals surface area (Å²) in [4.78, 5) is 0. The Hall–Kier alpha value is 0. The van der Waals surface area contributed by atoms with E-state index in [0.717, 1.165) is 0 Å². The van der Waals surface area contributed by atoms with Crippen LogP contribution in [0, 0.1) is 11.8 Å². The molecule has 0 amide bonds. The fourth-order valence-corrected chi connectivity index (χ4v) is 1.10. The summed E-state index contributed by atoms with van der Waals surface area (Å²) < 4.78 is 0. The first kappa shape index (κ1) is 9.00. The molecule has 0 aliphatic carbocycles. The van der Waals surface area contributed by atoms with Gasteiger partial charge in [0, 0.05) is 0 Å². The highest BCUT2D eigenvalue weighted by atomic mass is 14.2. The van der Waals surface area contributed by atoms with Gasteiger partial charge >= 0.3 is 0 Å². The molecule has 0 N–H and O–H groups in total. The van der Waals surface area contributed by atoms with Crippen molar-refractivity contribution in [3.05, 3.63) is 6.42 Å². The van der Waals surface area contributed by atoms with Crippen molar-refractivity contribution in [3.8, 4) is 0 Å². The number of hydrogen-bond donors (Lipinski definition) is 0. The summed E-state index contributed by atoms with van der Waals surface area (Å²) in [5, 5.41) is 0. The maximum atomic E-state index is 2.33. The van der Waals surface area contributed by atoms with Gasteiger partial charge < -0.3 is 0 Å². The molecular weight excluding hydrogens is 108 g/mol. The van der Waals surface area contributed by atoms with E-state index in [2.05, 4.69) is 34.1 Å². The van der Waals surface area contributed by atoms with Crippen molar-refractivity contribution in [2.75, 3.05) is 0 Å². The van der Waals surface area contributed by atoms with Gasteiger partial charge in [-0.05, 0) is 18.3 Å². The van der Waals surface area contributed by atoms with Crippen LogP contribution >= 0.6 is 0 Å². The Morgan fingerprint density at radius 1 is 1.33 bits per heavy atom. The zero-order valence-corrected chi connectivity index (χ0v) is 7.20. The van der Waals surface area contributed by atoms with Crippen molar-refractivity contribution < 1.29 is 0 Å². The van der Waals surface area contributed by atoms with Gasteiger partial charge in [-0.2, -0.15) is 0 Å². The van der Waals surface area contributed by atoms with Crippen LogP contribution in [0.3, 0.4) is 0 Å². The molecule has 9 heavy (non-hydrogen) atoms. The van der Waals surface area contributed by atoms with Crippen molar-refractivity contribution in [2.45, 2.75) is 47.0 Å². The Bertz CT molecular complexity index is 60.4. The lowest BCUT2D eigenvalue weighted by Gasteiger charge is -2.25. The molecule has 0 heteroatoms. The first-order valence-corrected chi connectivity index (χ1v) is 3.99. The van der Waals surface area contributed by atoms with Crippen LogP contribution in [0.25, 0.3) is 0 Å². The fourth-order valence-electron chi connectivity index (χ4n) is 1.10. The van der Waals surface area contributed by atoms with Crippen LogP contribution in [-0.4, -0.2) is 0 Å². The second kappa shape index (κ2) is 3.92. The predicted octanol–water partition coefficient (Wildman–Crippen LogP) is 3.43. The SMILES string of the molecule is C[CH]C(C)(CC)CCC. The van der Waals surface area contributed by atoms with Gasteiger partial charge in [-0.1, -0.05) is 40.5 Å². The number of rotatable bonds is 4. The standard InChI is InChI=1S/C9H19/c1-5-8-9(4,6-2)7-3/h6H,5,7-8H2,1-4H3. The lowest BCUT2D eigenvalue weighted by atomic mass is 9.81. The van der Waals surface area contributed by atoms with Crippen LogP contribution in [0.2, 0.25) is 0 Å². The molecule has 0 heterocycles. The van der Waals surface area contributed by atoms with Crippen LogP contribution in [0.1, 0.15) is 47.0 Å². The van der Waals surface area contributed by atoms with E-state index in [1.54, 1.807) is 0 Å². The van der Waals surface area contributed by atoms with Gasteiger partial charge in [0.1, 0.15) is 0 Å². The van der Waals surface area contributed by atoms with Gasteiger partial charge in [0.2, 0.25) is 0 Å². The van der Waals surface area contributed by atoms with Gasteiger partial charge in [0.15, 0.2) is 0 Å². The van der Waals surface area contributed by atoms with Crippen molar-refractivity contribution in [1.29, 1.82) is 0 Å². The smallest absolute Gasteiger partial charge is 0.0300 e. The van der Waals surface area contributed by atoms with Gasteiger partial charge in [0.05, 0.1) is 0 Å². The van der Waals surface area contributed by atoms with E-state index in [0.29, 0.717) is 5.41 Å². The fraction of sp³-hybridized carbons (Fsp3) is 0.889. The summed E-state index contributed by atoms with van der Waals surface area (Å²) in [7, 11) is 0. The minimum atomic E-state index is 0.509. The zero-order valence-electron chi connectivity index (χ0n) is 7.20. The molecule has 0 aliphatic rings. The molecule has 0 aromatic rings. The molecule has 1 radical (unpaired) electrons. The molecule has 55 valence electrons. The largest absolute Gasteiger partial charge is 0.0654 e. The topological polar surface area (TPSA) is 0 Å². The molecule has 0 bridgehead atoms. The highest BCUT2D eigenvalue weighted by Crippen LogP contribution is 2.29. The van der Waals surface area contributed by atoms with E-state index in [9.17, 15) is 0 Å². The second-order valence-corrected chi connectivity index (χ2v) is 3.05. The van der Waals surface area contributed by atoms with E-state index in [-0.39, 0.29) is 0 Å². The van der Waals surface area contributed by atoms with Crippen molar-refractivity contribution in [2.24, 2.45) is 5.41 Å². The van der Waals surface area contributed by atoms with E-state index in [1.165, 1.54) is 19.3 Å². The van der Waals surface area contributed by atoms with Crippen LogP contribution in [-0.2, 0) is 0 Å². The van der Waals surface area contributed by atoms with Gasteiger partial charge in [-0.3, -0.25) is 0 Å². The first-order valence-electron chi connectivity index (χ1n) is 3.99. The average molecular weight is 127 g/mol. The van der Waals surface area contributed by atoms with Crippen molar-refractivity contribution in [3.63, 3.8) is 0 Å². The quantitative estimate of drug-likeness (QED) is 0.542. The molecule has 0 nitrogen and oxygen atoms in total. The first-order chi connectivity index (χ1) is 4.18. The zero-order chi connectivity index (χ0) is 7.33. The molecule has 0 aliphatic heterocycles. The Morgan fingerprint density at radius 2 is 1.89 bits per heavy atom. The molecule has 1 atom stereocenters. The predicted molar refractivity (Wildman–Crippen MR) is 43.3 cm³/mol. The highest BCUT2D eigenvalue weighted by molar-refractivity contribution is 4.83. The lowest BCUT2D eigenvalue weighted by Crippen LogP contribution is -2.13. The van der Waals surface area contributed by atoms with E-state index < -0.39 is 0 Å². The summed E-state index contributed by atoms with van der Waals surface area (Å²) in [5.41, 5.74) is 0.509. The minimum Gasteiger partial charge on any atom is -0.0654 e. The van der Waals surface area contributed by atoms with Crippen LogP contribution in [0.5, 0.6) is 0 Å². The Morgan fingerprint density at radius 3 is 2.00 bits per heavy atom. The molecule has 0 rings (SSSR count). The summed E-state index contributed by atoms with van der Waals surface area (Å²) in [6.07, 6.45) is 6.24. The van der Waals surface area contributed by atoms with Crippen molar-refractivity contribution in [1.82, 2.24) is 0 Å². The Kier molecular flexibility index (Phi) is 3.92. The number of hydrogen-bond acceptors (Lipinski definition) is 0. The van der Waals surface area contributed by atoms with E-state index in [4.69, 9.17) is 0 Å². The van der Waals surface area contributed by atoms with Crippen LogP contribution in [0.15, 0.2) is 0 Å². The van der Waals surface area contributed by atoms with Gasteiger partial charge in [-0.25, -0.2) is 0 Å². The molecule has 0 saturated heterocycles. The van der Waals surface area contributed by atoms with Gasteiger partial charge in [-0.15, -0.1) is 0 Å². The summed E-state index contributed by atoms with van der Waals surface area (Å²) >= 11 is 0. The molecule has 0 fully saturated rings. The molecule has 0 aromatic carbocycles.